The zero-order valence-corrected chi connectivity index (χ0v) is 35.4. The second-order valence-electron chi connectivity index (χ2n) is 18.6. The van der Waals surface area contributed by atoms with Gasteiger partial charge in [-0.05, 0) is 153 Å². The lowest BCUT2D eigenvalue weighted by Gasteiger charge is -2.33. The van der Waals surface area contributed by atoms with Gasteiger partial charge in [-0.3, -0.25) is 0 Å². The predicted octanol–water partition coefficient (Wildman–Crippen LogP) is 15.6. The molecule has 1 heteroatoms. The Balaban J connectivity index is 0.860. The summed E-state index contributed by atoms with van der Waals surface area (Å²) in [6, 6.07) is 63.0. The van der Waals surface area contributed by atoms with Crippen LogP contribution in [-0.2, 0) is 11.8 Å². The van der Waals surface area contributed by atoms with Crippen LogP contribution < -0.4 is 0 Å². The van der Waals surface area contributed by atoms with E-state index in [4.69, 9.17) is 0 Å². The third kappa shape index (κ3) is 6.31. The smallest absolute Gasteiger partial charge is 0.0541 e. The number of benzene rings is 7. The van der Waals surface area contributed by atoms with E-state index in [9.17, 15) is 0 Å². The molecule has 3 unspecified atom stereocenters. The molecule has 0 spiro atoms. The Morgan fingerprint density at radius 2 is 1.29 bits per heavy atom. The molecule has 4 atom stereocenters. The molecule has 1 heterocycles. The van der Waals surface area contributed by atoms with Crippen molar-refractivity contribution in [1.29, 1.82) is 0 Å². The quantitative estimate of drug-likeness (QED) is 0.135. The minimum Gasteiger partial charge on any atom is -0.309 e. The first-order chi connectivity index (χ1) is 30.5. The van der Waals surface area contributed by atoms with Gasteiger partial charge < -0.3 is 4.57 Å². The van der Waals surface area contributed by atoms with Crippen molar-refractivity contribution in [1.82, 2.24) is 4.57 Å². The molecule has 1 nitrogen and oxygen atoms in total. The maximum Gasteiger partial charge on any atom is 0.0541 e. The molecule has 0 bridgehead atoms. The number of allylic oxidation sites excluding steroid dienone is 7. The molecule has 0 N–H and O–H groups in total. The summed E-state index contributed by atoms with van der Waals surface area (Å²) in [6.45, 7) is 4.86. The van der Waals surface area contributed by atoms with E-state index in [1.807, 2.05) is 0 Å². The third-order valence-corrected chi connectivity index (χ3v) is 14.5. The van der Waals surface area contributed by atoms with Crippen molar-refractivity contribution in [2.45, 2.75) is 38.5 Å². The normalized spacial score (nSPS) is 19.8. The lowest BCUT2D eigenvalue weighted by molar-refractivity contribution is 0.427. The molecule has 12 rings (SSSR count). The second-order valence-corrected chi connectivity index (χ2v) is 18.6. The number of fused-ring (bicyclic) bond motifs is 6. The predicted molar refractivity (Wildman–Crippen MR) is 260 cm³/mol. The summed E-state index contributed by atoms with van der Waals surface area (Å²) in [4.78, 5) is 0. The Bertz CT molecular complexity index is 3230. The van der Waals surface area contributed by atoms with E-state index in [0.717, 1.165) is 12.8 Å². The molecule has 4 aliphatic carbocycles. The number of hydrogen-bond acceptors (Lipinski definition) is 0. The van der Waals surface area contributed by atoms with Gasteiger partial charge in [-0.1, -0.05) is 171 Å². The lowest BCUT2D eigenvalue weighted by Crippen LogP contribution is -2.25. The summed E-state index contributed by atoms with van der Waals surface area (Å²) in [7, 11) is 0. The van der Waals surface area contributed by atoms with E-state index in [-0.39, 0.29) is 5.41 Å². The van der Waals surface area contributed by atoms with Crippen molar-refractivity contribution in [3.05, 3.63) is 234 Å². The van der Waals surface area contributed by atoms with E-state index in [2.05, 4.69) is 224 Å². The summed E-state index contributed by atoms with van der Waals surface area (Å²) in [5.41, 5.74) is 23.5. The van der Waals surface area contributed by atoms with Gasteiger partial charge in [0.25, 0.3) is 0 Å². The van der Waals surface area contributed by atoms with Crippen LogP contribution in [0.4, 0.5) is 0 Å². The second kappa shape index (κ2) is 14.6. The van der Waals surface area contributed by atoms with E-state index >= 15 is 0 Å². The van der Waals surface area contributed by atoms with Crippen molar-refractivity contribution >= 4 is 27.4 Å². The van der Waals surface area contributed by atoms with Crippen LogP contribution in [0.3, 0.4) is 0 Å². The van der Waals surface area contributed by atoms with Crippen LogP contribution in [0.5, 0.6) is 0 Å². The highest BCUT2D eigenvalue weighted by Crippen LogP contribution is 2.53. The highest BCUT2D eigenvalue weighted by molar-refractivity contribution is 6.10. The minimum absolute atomic E-state index is 0.0380. The first kappa shape index (κ1) is 36.9. The van der Waals surface area contributed by atoms with Crippen LogP contribution in [0.2, 0.25) is 0 Å². The monoisotopic (exact) mass is 795 g/mol. The van der Waals surface area contributed by atoms with Gasteiger partial charge in [-0.25, -0.2) is 0 Å². The Morgan fingerprint density at radius 1 is 0.613 bits per heavy atom. The molecule has 1 saturated carbocycles. The molecule has 8 aromatic rings. The third-order valence-electron chi connectivity index (χ3n) is 14.5. The molecule has 0 amide bonds. The van der Waals surface area contributed by atoms with E-state index in [1.54, 1.807) is 5.57 Å². The van der Waals surface area contributed by atoms with Crippen LogP contribution in [0.25, 0.3) is 66.4 Å². The number of hydrogen-bond donors (Lipinski definition) is 0. The zero-order valence-electron chi connectivity index (χ0n) is 35.4. The highest BCUT2D eigenvalue weighted by Gasteiger charge is 2.41. The molecular formula is C61H49N. The SMILES string of the molecule is CC1(C)C2=C(C=CC(C(Cc3cccc(-c4cccc(-c5ccc6c(c5)c5ccccc5n6-c5ccc(-c6ccccc6)cc5)c4)c3)C3=CC4C[C@@H]4C=C=C3)C2)c2ccccc21. The molecule has 0 saturated heterocycles. The Labute approximate surface area is 365 Å². The minimum atomic E-state index is 0.0380. The van der Waals surface area contributed by atoms with Gasteiger partial charge in [0, 0.05) is 21.9 Å². The van der Waals surface area contributed by atoms with Gasteiger partial charge in [0.15, 0.2) is 0 Å². The number of aromatic nitrogens is 1. The summed E-state index contributed by atoms with van der Waals surface area (Å²) < 4.78 is 2.41. The van der Waals surface area contributed by atoms with Crippen LogP contribution in [0, 0.1) is 23.7 Å². The molecule has 62 heavy (non-hydrogen) atoms. The molecule has 298 valence electrons. The topological polar surface area (TPSA) is 4.93 Å². The van der Waals surface area contributed by atoms with Crippen LogP contribution >= 0.6 is 0 Å². The van der Waals surface area contributed by atoms with Crippen molar-refractivity contribution in [2.24, 2.45) is 23.7 Å². The van der Waals surface area contributed by atoms with Gasteiger partial charge in [0.2, 0.25) is 0 Å². The average Bonchev–Trinajstić information content (AvgIpc) is 3.98. The Morgan fingerprint density at radius 3 is 2.15 bits per heavy atom. The van der Waals surface area contributed by atoms with Crippen molar-refractivity contribution in [3.8, 4) is 39.1 Å². The molecule has 0 aliphatic heterocycles. The molecule has 1 aromatic heterocycles. The van der Waals surface area contributed by atoms with Crippen LogP contribution in [0.1, 0.15) is 43.4 Å². The van der Waals surface area contributed by atoms with Gasteiger partial charge in [-0.2, -0.15) is 0 Å². The number of rotatable bonds is 8. The summed E-state index contributed by atoms with van der Waals surface area (Å²) in [6.07, 6.45) is 15.6. The fourth-order valence-corrected chi connectivity index (χ4v) is 11.1. The van der Waals surface area contributed by atoms with Gasteiger partial charge in [0.05, 0.1) is 11.0 Å². The molecular weight excluding hydrogens is 747 g/mol. The van der Waals surface area contributed by atoms with E-state index in [0.29, 0.717) is 23.7 Å². The molecule has 1 fully saturated rings. The van der Waals surface area contributed by atoms with Crippen LogP contribution in [-0.4, -0.2) is 4.57 Å². The van der Waals surface area contributed by atoms with Crippen molar-refractivity contribution in [3.63, 3.8) is 0 Å². The lowest BCUT2D eigenvalue weighted by atomic mass is 9.70. The maximum absolute atomic E-state index is 3.61. The summed E-state index contributed by atoms with van der Waals surface area (Å²) >= 11 is 0. The fraction of sp³-hybridized carbons (Fsp3) is 0.164. The van der Waals surface area contributed by atoms with E-state index in [1.165, 1.54) is 95.1 Å². The number of nitrogens with zero attached hydrogens (tertiary/aromatic N) is 1. The maximum atomic E-state index is 3.61. The van der Waals surface area contributed by atoms with Gasteiger partial charge >= 0.3 is 0 Å². The summed E-state index contributed by atoms with van der Waals surface area (Å²) in [5.74, 6) is 2.11. The largest absolute Gasteiger partial charge is 0.309 e. The van der Waals surface area contributed by atoms with Gasteiger partial charge in [0.1, 0.15) is 0 Å². The Kier molecular flexibility index (Phi) is 8.70. The fourth-order valence-electron chi connectivity index (χ4n) is 11.1. The molecule has 4 aliphatic rings. The molecule has 0 radical (unpaired) electrons. The average molecular weight is 796 g/mol. The first-order valence-electron chi connectivity index (χ1n) is 22.5. The number of para-hydroxylation sites is 1. The van der Waals surface area contributed by atoms with E-state index < -0.39 is 0 Å². The van der Waals surface area contributed by atoms with Gasteiger partial charge in [-0.15, -0.1) is 5.73 Å². The standard InChI is InChI=1S/C61H49N/c1-61(2)57-23-8-6-21-52(57)53-31-27-49(39-58(53)61)55(48-20-12-19-46-36-50(46)37-48)34-40-13-10-16-43(33-40)44-17-11-18-45(35-44)47-28-32-60-56(38-47)54-22-7-9-24-59(54)62(60)51-29-25-42(26-30-51)41-14-4-3-5-15-41/h3-11,13-33,35,37-38,46,49-50,55H,34,36,39H2,1-2H3/t46-,49?,50?,55?/m0/s1. The summed E-state index contributed by atoms with van der Waals surface area (Å²) in [5, 5.41) is 2.53. The van der Waals surface area contributed by atoms with Crippen LogP contribution in [0.15, 0.2) is 217 Å². The zero-order chi connectivity index (χ0) is 41.4. The van der Waals surface area contributed by atoms with Crippen molar-refractivity contribution in [2.75, 3.05) is 0 Å². The Hall–Kier alpha value is -6.92. The van der Waals surface area contributed by atoms with Crippen molar-refractivity contribution < 1.29 is 0 Å². The molecule has 7 aromatic carbocycles. The highest BCUT2D eigenvalue weighted by atomic mass is 15.0. The first-order valence-corrected chi connectivity index (χ1v) is 22.5.